The van der Waals surface area contributed by atoms with Crippen LogP contribution in [0.1, 0.15) is 36.7 Å². The smallest absolute Gasteiger partial charge is 0.226 e. The molecule has 1 unspecified atom stereocenters. The first-order chi connectivity index (χ1) is 9.35. The zero-order valence-corrected chi connectivity index (χ0v) is 11.6. The summed E-state index contributed by atoms with van der Waals surface area (Å²) < 4.78 is 10.9. The number of alkyl halides is 1. The van der Waals surface area contributed by atoms with Crippen molar-refractivity contribution in [1.82, 2.24) is 10.1 Å². The third kappa shape index (κ3) is 3.78. The van der Waals surface area contributed by atoms with Gasteiger partial charge in [-0.1, -0.05) is 35.5 Å². The molecule has 0 fully saturated rings. The highest BCUT2D eigenvalue weighted by atomic mass is 35.5. The zero-order chi connectivity index (χ0) is 13.5. The number of ether oxygens (including phenoxy) is 1. The number of halogens is 1. The molecule has 1 atom stereocenters. The Balaban J connectivity index is 2.17. The first kappa shape index (κ1) is 14.0. The van der Waals surface area contributed by atoms with Gasteiger partial charge < -0.3 is 9.26 Å². The van der Waals surface area contributed by atoms with Gasteiger partial charge in [0.15, 0.2) is 0 Å². The van der Waals surface area contributed by atoms with E-state index in [9.17, 15) is 0 Å². The fourth-order valence-electron chi connectivity index (χ4n) is 1.81. The summed E-state index contributed by atoms with van der Waals surface area (Å²) in [6, 6.07) is 9.89. The van der Waals surface area contributed by atoms with Gasteiger partial charge in [-0.2, -0.15) is 4.98 Å². The Morgan fingerprint density at radius 3 is 2.79 bits per heavy atom. The molecule has 0 aliphatic heterocycles. The van der Waals surface area contributed by atoms with Gasteiger partial charge in [-0.05, 0) is 18.9 Å². The summed E-state index contributed by atoms with van der Waals surface area (Å²) in [5.41, 5.74) is 1.02. The lowest BCUT2D eigenvalue weighted by atomic mass is 10.1. The topological polar surface area (TPSA) is 48.2 Å². The molecule has 0 aliphatic carbocycles. The molecule has 4 nitrogen and oxygen atoms in total. The molecule has 1 aromatic heterocycles. The summed E-state index contributed by atoms with van der Waals surface area (Å²) in [5, 5.41) is 4.01. The van der Waals surface area contributed by atoms with Gasteiger partial charge in [0.25, 0.3) is 0 Å². The van der Waals surface area contributed by atoms with E-state index in [1.807, 2.05) is 37.3 Å². The number of rotatable bonds is 7. The number of hydrogen-bond donors (Lipinski definition) is 0. The minimum absolute atomic E-state index is 0.278. The van der Waals surface area contributed by atoms with Crippen LogP contribution in [0.5, 0.6) is 0 Å². The van der Waals surface area contributed by atoms with E-state index in [0.29, 0.717) is 30.6 Å². The third-order valence-corrected chi connectivity index (χ3v) is 2.95. The van der Waals surface area contributed by atoms with Crippen LogP contribution in [0.15, 0.2) is 34.9 Å². The van der Waals surface area contributed by atoms with Crippen LogP contribution >= 0.6 is 11.6 Å². The van der Waals surface area contributed by atoms with Gasteiger partial charge in [-0.25, -0.2) is 0 Å². The van der Waals surface area contributed by atoms with Crippen molar-refractivity contribution in [3.63, 3.8) is 0 Å². The average molecular weight is 281 g/mol. The van der Waals surface area contributed by atoms with Crippen LogP contribution in [0, 0.1) is 0 Å². The Labute approximate surface area is 117 Å². The van der Waals surface area contributed by atoms with Crippen LogP contribution in [-0.4, -0.2) is 22.6 Å². The fraction of sp³-hybridized carbons (Fsp3) is 0.429. The predicted octanol–water partition coefficient (Wildman–Crippen LogP) is 3.37. The van der Waals surface area contributed by atoms with Gasteiger partial charge in [-0.15, -0.1) is 11.6 Å². The summed E-state index contributed by atoms with van der Waals surface area (Å²) in [7, 11) is 0. The molecular formula is C14H17ClN2O2. The summed E-state index contributed by atoms with van der Waals surface area (Å²) in [4.78, 5) is 4.38. The highest BCUT2D eigenvalue weighted by molar-refractivity contribution is 6.17. The normalized spacial score (nSPS) is 12.5. The number of aryl methyl sites for hydroxylation is 1. The average Bonchev–Trinajstić information content (AvgIpc) is 2.92. The van der Waals surface area contributed by atoms with E-state index in [1.165, 1.54) is 0 Å². The Bertz CT molecular complexity index is 487. The van der Waals surface area contributed by atoms with Crippen LogP contribution in [0.4, 0.5) is 0 Å². The van der Waals surface area contributed by atoms with Crippen molar-refractivity contribution in [3.05, 3.63) is 47.6 Å². The van der Waals surface area contributed by atoms with Gasteiger partial charge in [-0.3, -0.25) is 0 Å². The maximum atomic E-state index is 5.72. The SMILES string of the molecule is CCOC(c1ccccc1)c1noc(CCCCl)n1. The van der Waals surface area contributed by atoms with Crippen LogP contribution in [0.25, 0.3) is 0 Å². The predicted molar refractivity (Wildman–Crippen MR) is 73.3 cm³/mol. The minimum Gasteiger partial charge on any atom is -0.366 e. The van der Waals surface area contributed by atoms with Gasteiger partial charge in [0.05, 0.1) is 0 Å². The number of aromatic nitrogens is 2. The lowest BCUT2D eigenvalue weighted by Gasteiger charge is -2.13. The number of hydrogen-bond acceptors (Lipinski definition) is 4. The molecule has 0 spiro atoms. The Kier molecular flexibility index (Phi) is 5.36. The summed E-state index contributed by atoms with van der Waals surface area (Å²) >= 11 is 5.65. The molecule has 1 aromatic carbocycles. The van der Waals surface area contributed by atoms with Crippen LogP contribution in [-0.2, 0) is 11.2 Å². The molecule has 1 heterocycles. The first-order valence-corrected chi connectivity index (χ1v) is 6.93. The van der Waals surface area contributed by atoms with E-state index in [0.717, 1.165) is 12.0 Å². The van der Waals surface area contributed by atoms with Crippen molar-refractivity contribution in [2.75, 3.05) is 12.5 Å². The van der Waals surface area contributed by atoms with E-state index < -0.39 is 0 Å². The molecule has 19 heavy (non-hydrogen) atoms. The summed E-state index contributed by atoms with van der Waals surface area (Å²) in [6.45, 7) is 2.54. The molecule has 2 rings (SSSR count). The Hall–Kier alpha value is -1.39. The molecule has 0 amide bonds. The second-order valence-electron chi connectivity index (χ2n) is 4.08. The highest BCUT2D eigenvalue weighted by Crippen LogP contribution is 2.23. The van der Waals surface area contributed by atoms with Gasteiger partial charge in [0.1, 0.15) is 6.10 Å². The number of nitrogens with zero attached hydrogens (tertiary/aromatic N) is 2. The first-order valence-electron chi connectivity index (χ1n) is 6.40. The van der Waals surface area contributed by atoms with Crippen molar-refractivity contribution >= 4 is 11.6 Å². The Morgan fingerprint density at radius 1 is 1.32 bits per heavy atom. The quantitative estimate of drug-likeness (QED) is 0.730. The van der Waals surface area contributed by atoms with Crippen LogP contribution < -0.4 is 0 Å². The third-order valence-electron chi connectivity index (χ3n) is 2.68. The van der Waals surface area contributed by atoms with Gasteiger partial charge in [0, 0.05) is 18.9 Å². The number of benzene rings is 1. The van der Waals surface area contributed by atoms with Crippen molar-refractivity contribution in [2.24, 2.45) is 0 Å². The fourth-order valence-corrected chi connectivity index (χ4v) is 1.94. The van der Waals surface area contributed by atoms with Gasteiger partial charge in [0.2, 0.25) is 11.7 Å². The second kappa shape index (κ2) is 7.26. The molecule has 0 saturated carbocycles. The highest BCUT2D eigenvalue weighted by Gasteiger charge is 2.20. The molecule has 2 aromatic rings. The molecule has 102 valence electrons. The molecular weight excluding hydrogens is 264 g/mol. The van der Waals surface area contributed by atoms with Crippen molar-refractivity contribution in [3.8, 4) is 0 Å². The molecule has 0 saturated heterocycles. The maximum absolute atomic E-state index is 5.72. The minimum atomic E-state index is -0.278. The Morgan fingerprint density at radius 2 is 2.11 bits per heavy atom. The van der Waals surface area contributed by atoms with E-state index in [2.05, 4.69) is 10.1 Å². The largest absolute Gasteiger partial charge is 0.366 e. The van der Waals surface area contributed by atoms with Crippen molar-refractivity contribution in [1.29, 1.82) is 0 Å². The zero-order valence-electron chi connectivity index (χ0n) is 10.9. The molecule has 0 radical (unpaired) electrons. The van der Waals surface area contributed by atoms with E-state index in [-0.39, 0.29) is 6.10 Å². The molecule has 5 heteroatoms. The van der Waals surface area contributed by atoms with Gasteiger partial charge >= 0.3 is 0 Å². The van der Waals surface area contributed by atoms with Crippen molar-refractivity contribution in [2.45, 2.75) is 25.9 Å². The molecule has 0 aliphatic rings. The lowest BCUT2D eigenvalue weighted by molar-refractivity contribution is 0.0833. The monoisotopic (exact) mass is 280 g/mol. The second-order valence-corrected chi connectivity index (χ2v) is 4.46. The van der Waals surface area contributed by atoms with E-state index >= 15 is 0 Å². The van der Waals surface area contributed by atoms with Crippen molar-refractivity contribution < 1.29 is 9.26 Å². The van der Waals surface area contributed by atoms with E-state index in [4.69, 9.17) is 20.9 Å². The molecule has 0 bridgehead atoms. The maximum Gasteiger partial charge on any atom is 0.226 e. The summed E-state index contributed by atoms with van der Waals surface area (Å²) in [5.74, 6) is 1.76. The lowest BCUT2D eigenvalue weighted by Crippen LogP contribution is -2.08. The summed E-state index contributed by atoms with van der Waals surface area (Å²) in [6.07, 6.45) is 1.25. The standard InChI is InChI=1S/C14H17ClN2O2/c1-2-18-13(11-7-4-3-5-8-11)14-16-12(19-17-14)9-6-10-15/h3-5,7-8,13H,2,6,9-10H2,1H3. The van der Waals surface area contributed by atoms with E-state index in [1.54, 1.807) is 0 Å². The van der Waals surface area contributed by atoms with Crippen LogP contribution in [0.3, 0.4) is 0 Å². The molecule has 0 N–H and O–H groups in total. The van der Waals surface area contributed by atoms with Crippen LogP contribution in [0.2, 0.25) is 0 Å².